The van der Waals surface area contributed by atoms with Gasteiger partial charge in [-0.15, -0.1) is 5.10 Å². The maximum Gasteiger partial charge on any atom is 0.246 e. The van der Waals surface area contributed by atoms with Crippen molar-refractivity contribution in [2.45, 2.75) is 13.3 Å². The van der Waals surface area contributed by atoms with Gasteiger partial charge in [-0.1, -0.05) is 0 Å². The van der Waals surface area contributed by atoms with Gasteiger partial charge in [0.2, 0.25) is 11.9 Å². The monoisotopic (exact) mass is 221 g/mol. The summed E-state index contributed by atoms with van der Waals surface area (Å²) in [4.78, 5) is 5.99. The van der Waals surface area contributed by atoms with Gasteiger partial charge in [0, 0.05) is 13.6 Å². The Hall–Kier alpha value is -1.98. The minimum Gasteiger partial charge on any atom is -0.469 e. The van der Waals surface area contributed by atoms with Crippen molar-refractivity contribution in [3.05, 3.63) is 23.7 Å². The molecule has 6 nitrogen and oxygen atoms in total. The number of hydrogen-bond donors (Lipinski definition) is 2. The third-order valence-corrected chi connectivity index (χ3v) is 2.52. The molecule has 0 radical (unpaired) electrons. The van der Waals surface area contributed by atoms with Crippen molar-refractivity contribution in [2.24, 2.45) is 0 Å². The fourth-order valence-corrected chi connectivity index (χ4v) is 1.49. The van der Waals surface area contributed by atoms with Crippen molar-refractivity contribution >= 4 is 11.9 Å². The summed E-state index contributed by atoms with van der Waals surface area (Å²) >= 11 is 0. The number of hydrogen-bond acceptors (Lipinski definition) is 5. The second-order valence-corrected chi connectivity index (χ2v) is 3.69. The summed E-state index contributed by atoms with van der Waals surface area (Å²) in [5, 5.41) is 6.59. The van der Waals surface area contributed by atoms with E-state index in [4.69, 9.17) is 10.2 Å². The number of furan rings is 1. The standard InChI is InChI=1S/C10H15N5O/c1-7-8(4-6-16-7)3-5-15(2)10-12-9(11)13-14-10/h4,6H,3,5H2,1-2H3,(H3,11,12,13,14). The van der Waals surface area contributed by atoms with Gasteiger partial charge < -0.3 is 15.1 Å². The van der Waals surface area contributed by atoms with Gasteiger partial charge in [0.05, 0.1) is 6.26 Å². The molecule has 0 saturated heterocycles. The minimum absolute atomic E-state index is 0.335. The van der Waals surface area contributed by atoms with E-state index in [0.29, 0.717) is 11.9 Å². The first-order valence-electron chi connectivity index (χ1n) is 5.09. The highest BCUT2D eigenvalue weighted by molar-refractivity contribution is 5.33. The third-order valence-electron chi connectivity index (χ3n) is 2.52. The lowest BCUT2D eigenvalue weighted by Gasteiger charge is -2.13. The number of likely N-dealkylation sites (N-methyl/N-ethyl adjacent to an activating group) is 1. The van der Waals surface area contributed by atoms with E-state index in [9.17, 15) is 0 Å². The fourth-order valence-electron chi connectivity index (χ4n) is 1.49. The van der Waals surface area contributed by atoms with Crippen molar-refractivity contribution in [2.75, 3.05) is 24.2 Å². The molecular formula is C10H15N5O. The summed E-state index contributed by atoms with van der Waals surface area (Å²) in [7, 11) is 1.93. The maximum absolute atomic E-state index is 5.46. The zero-order chi connectivity index (χ0) is 11.5. The Morgan fingerprint density at radius 1 is 1.56 bits per heavy atom. The molecule has 0 aliphatic carbocycles. The largest absolute Gasteiger partial charge is 0.469 e. The summed E-state index contributed by atoms with van der Waals surface area (Å²) in [5.74, 6) is 1.91. The number of H-pyrrole nitrogens is 1. The molecule has 2 aromatic rings. The molecule has 2 aromatic heterocycles. The van der Waals surface area contributed by atoms with E-state index < -0.39 is 0 Å². The Morgan fingerprint density at radius 2 is 2.38 bits per heavy atom. The van der Waals surface area contributed by atoms with E-state index in [1.54, 1.807) is 6.26 Å². The van der Waals surface area contributed by atoms with Gasteiger partial charge in [-0.3, -0.25) is 0 Å². The van der Waals surface area contributed by atoms with Gasteiger partial charge >= 0.3 is 0 Å². The molecule has 0 fully saturated rings. The fraction of sp³-hybridized carbons (Fsp3) is 0.400. The van der Waals surface area contributed by atoms with Crippen LogP contribution in [0.5, 0.6) is 0 Å². The van der Waals surface area contributed by atoms with E-state index >= 15 is 0 Å². The van der Waals surface area contributed by atoms with Crippen LogP contribution in [-0.4, -0.2) is 28.8 Å². The normalized spacial score (nSPS) is 10.6. The molecule has 3 N–H and O–H groups in total. The van der Waals surface area contributed by atoms with Crippen LogP contribution in [0.1, 0.15) is 11.3 Å². The lowest BCUT2D eigenvalue weighted by molar-refractivity contribution is 0.529. The SMILES string of the molecule is Cc1occc1CCN(C)c1n[nH]c(N)n1. The molecule has 0 bridgehead atoms. The van der Waals surface area contributed by atoms with Gasteiger partial charge in [-0.05, 0) is 25.0 Å². The highest BCUT2D eigenvalue weighted by atomic mass is 16.3. The van der Waals surface area contributed by atoms with Gasteiger partial charge in [0.15, 0.2) is 0 Å². The summed E-state index contributed by atoms with van der Waals surface area (Å²) in [6.45, 7) is 2.78. The predicted molar refractivity (Wildman–Crippen MR) is 61.2 cm³/mol. The molecule has 0 aliphatic heterocycles. The Balaban J connectivity index is 1.93. The van der Waals surface area contributed by atoms with Crippen LogP contribution in [0.4, 0.5) is 11.9 Å². The molecule has 0 unspecified atom stereocenters. The number of aromatic nitrogens is 3. The van der Waals surface area contributed by atoms with E-state index in [2.05, 4.69) is 15.2 Å². The average Bonchev–Trinajstić information content (AvgIpc) is 2.84. The second-order valence-electron chi connectivity index (χ2n) is 3.69. The van der Waals surface area contributed by atoms with Crippen molar-refractivity contribution < 1.29 is 4.42 Å². The predicted octanol–water partition coefficient (Wildman–Crippen LogP) is 0.967. The van der Waals surface area contributed by atoms with Crippen LogP contribution in [0.25, 0.3) is 0 Å². The van der Waals surface area contributed by atoms with Crippen molar-refractivity contribution in [1.82, 2.24) is 15.2 Å². The number of rotatable bonds is 4. The van der Waals surface area contributed by atoms with Crippen LogP contribution in [0.3, 0.4) is 0 Å². The molecule has 6 heteroatoms. The molecular weight excluding hydrogens is 206 g/mol. The maximum atomic E-state index is 5.46. The van der Waals surface area contributed by atoms with E-state index in [1.807, 2.05) is 24.9 Å². The number of aromatic amines is 1. The number of anilines is 2. The van der Waals surface area contributed by atoms with Crippen LogP contribution >= 0.6 is 0 Å². The molecule has 0 aliphatic rings. The lowest BCUT2D eigenvalue weighted by atomic mass is 10.2. The van der Waals surface area contributed by atoms with Gasteiger partial charge in [0.1, 0.15) is 5.76 Å². The summed E-state index contributed by atoms with van der Waals surface area (Å²) in [5.41, 5.74) is 6.66. The van der Waals surface area contributed by atoms with Crippen LogP contribution in [0, 0.1) is 6.92 Å². The molecule has 0 atom stereocenters. The van der Waals surface area contributed by atoms with E-state index in [0.717, 1.165) is 18.7 Å². The summed E-state index contributed by atoms with van der Waals surface area (Å²) in [6, 6.07) is 1.98. The first kappa shape index (κ1) is 10.5. The van der Waals surface area contributed by atoms with Crippen LogP contribution in [0.15, 0.2) is 16.7 Å². The lowest BCUT2D eigenvalue weighted by Crippen LogP contribution is -2.21. The van der Waals surface area contributed by atoms with Crippen LogP contribution in [-0.2, 0) is 6.42 Å². The van der Waals surface area contributed by atoms with Gasteiger partial charge in [-0.25, -0.2) is 5.10 Å². The highest BCUT2D eigenvalue weighted by Crippen LogP contribution is 2.11. The Morgan fingerprint density at radius 3 is 2.94 bits per heavy atom. The Kier molecular flexibility index (Phi) is 2.80. The molecule has 0 aromatic carbocycles. The first-order valence-corrected chi connectivity index (χ1v) is 5.09. The molecule has 0 saturated carbocycles. The number of nitrogens with zero attached hydrogens (tertiary/aromatic N) is 3. The van der Waals surface area contributed by atoms with Crippen molar-refractivity contribution in [3.63, 3.8) is 0 Å². The summed E-state index contributed by atoms with van der Waals surface area (Å²) < 4.78 is 5.23. The molecule has 0 amide bonds. The number of nitrogen functional groups attached to an aromatic ring is 1. The van der Waals surface area contributed by atoms with Gasteiger partial charge in [-0.2, -0.15) is 4.98 Å². The van der Waals surface area contributed by atoms with Crippen LogP contribution in [0.2, 0.25) is 0 Å². The van der Waals surface area contributed by atoms with Crippen molar-refractivity contribution in [1.29, 1.82) is 0 Å². The molecule has 86 valence electrons. The average molecular weight is 221 g/mol. The molecule has 2 rings (SSSR count). The zero-order valence-electron chi connectivity index (χ0n) is 9.40. The second kappa shape index (κ2) is 4.26. The van der Waals surface area contributed by atoms with E-state index in [1.165, 1.54) is 5.56 Å². The summed E-state index contributed by atoms with van der Waals surface area (Å²) in [6.07, 6.45) is 2.60. The quantitative estimate of drug-likeness (QED) is 0.803. The van der Waals surface area contributed by atoms with Gasteiger partial charge in [0.25, 0.3) is 0 Å². The van der Waals surface area contributed by atoms with Crippen LogP contribution < -0.4 is 10.6 Å². The molecule has 0 spiro atoms. The molecule has 16 heavy (non-hydrogen) atoms. The molecule has 2 heterocycles. The van der Waals surface area contributed by atoms with E-state index in [-0.39, 0.29) is 0 Å². The van der Waals surface area contributed by atoms with Crippen molar-refractivity contribution in [3.8, 4) is 0 Å². The number of aryl methyl sites for hydroxylation is 1. The topological polar surface area (TPSA) is 84.0 Å². The minimum atomic E-state index is 0.335. The Bertz CT molecular complexity index is 461. The smallest absolute Gasteiger partial charge is 0.246 e. The Labute approximate surface area is 93.5 Å². The number of nitrogens with two attached hydrogens (primary N) is 1. The number of nitrogens with one attached hydrogen (secondary N) is 1. The first-order chi connectivity index (χ1) is 7.66. The zero-order valence-corrected chi connectivity index (χ0v) is 9.40. The highest BCUT2D eigenvalue weighted by Gasteiger charge is 2.08. The third kappa shape index (κ3) is 2.16.